The molecule has 3 aromatic rings. The zero-order valence-corrected chi connectivity index (χ0v) is 18.8. The van der Waals surface area contributed by atoms with Crippen molar-refractivity contribution in [2.75, 3.05) is 0 Å². The highest BCUT2D eigenvalue weighted by molar-refractivity contribution is 6.16. The summed E-state index contributed by atoms with van der Waals surface area (Å²) in [6.45, 7) is 3.91. The van der Waals surface area contributed by atoms with Gasteiger partial charge in [0.25, 0.3) is 5.91 Å². The number of ketones is 1. The topological polar surface area (TPSA) is 80.0 Å². The van der Waals surface area contributed by atoms with Crippen LogP contribution >= 0.6 is 0 Å². The number of aliphatic hydroxyl groups excluding tert-OH is 1. The summed E-state index contributed by atoms with van der Waals surface area (Å²) in [5.74, 6) is -0.619. The summed E-state index contributed by atoms with van der Waals surface area (Å²) in [5, 5.41) is 11.7. The van der Waals surface area contributed by atoms with Crippen LogP contribution in [0.3, 0.4) is 0 Å². The van der Waals surface area contributed by atoms with Gasteiger partial charge in [0.1, 0.15) is 11.3 Å². The minimum absolute atomic E-state index is 0.0165. The Hall–Kier alpha value is -3.54. The van der Waals surface area contributed by atoms with Crippen molar-refractivity contribution in [2.45, 2.75) is 57.7 Å². The number of rotatable bonds is 6. The predicted octanol–water partition coefficient (Wildman–Crippen LogP) is 5.74. The summed E-state index contributed by atoms with van der Waals surface area (Å²) in [4.78, 5) is 28.5. The highest BCUT2D eigenvalue weighted by Crippen LogP contribution is 2.43. The molecule has 6 nitrogen and oxygen atoms in total. The Morgan fingerprint density at radius 2 is 1.79 bits per heavy atom. The number of carbonyl (C=O) groups is 2. The number of carbonyl (C=O) groups excluding carboxylic acids is 2. The second-order valence-electron chi connectivity index (χ2n) is 9.03. The van der Waals surface area contributed by atoms with Gasteiger partial charge in [-0.05, 0) is 56.5 Å². The summed E-state index contributed by atoms with van der Waals surface area (Å²) < 4.78 is 11.5. The number of para-hydroxylation sites is 1. The molecular weight excluding hydrogens is 418 g/mol. The quantitative estimate of drug-likeness (QED) is 0.489. The van der Waals surface area contributed by atoms with Gasteiger partial charge >= 0.3 is 0 Å². The second-order valence-corrected chi connectivity index (χ2v) is 9.03. The lowest BCUT2D eigenvalue weighted by Crippen LogP contribution is -2.38. The van der Waals surface area contributed by atoms with Gasteiger partial charge in [-0.25, -0.2) is 0 Å². The Morgan fingerprint density at radius 1 is 1.09 bits per heavy atom. The molecule has 1 unspecified atom stereocenters. The fourth-order valence-corrected chi connectivity index (χ4v) is 4.97. The lowest BCUT2D eigenvalue weighted by atomic mass is 9.94. The van der Waals surface area contributed by atoms with Crippen LogP contribution in [0.2, 0.25) is 0 Å². The van der Waals surface area contributed by atoms with Gasteiger partial charge in [-0.3, -0.25) is 9.59 Å². The van der Waals surface area contributed by atoms with E-state index in [1.54, 1.807) is 17.0 Å². The molecule has 6 heteroatoms. The zero-order valence-electron chi connectivity index (χ0n) is 18.8. The molecule has 1 aliphatic heterocycles. The average Bonchev–Trinajstić information content (AvgIpc) is 3.52. The molecule has 1 amide bonds. The Balaban J connectivity index is 1.57. The molecule has 5 rings (SSSR count). The van der Waals surface area contributed by atoms with E-state index in [1.807, 2.05) is 56.3 Å². The van der Waals surface area contributed by atoms with Crippen molar-refractivity contribution in [3.05, 3.63) is 77.3 Å². The predicted molar refractivity (Wildman–Crippen MR) is 124 cm³/mol. The molecule has 2 aliphatic rings. The number of amides is 1. The number of ether oxygens (including phenoxy) is 1. The second kappa shape index (κ2) is 8.43. The van der Waals surface area contributed by atoms with Crippen LogP contribution in [-0.2, 0) is 4.79 Å². The highest BCUT2D eigenvalue weighted by Gasteiger charge is 2.47. The summed E-state index contributed by atoms with van der Waals surface area (Å²) >= 11 is 0. The monoisotopic (exact) mass is 445 g/mol. The van der Waals surface area contributed by atoms with Crippen molar-refractivity contribution in [1.29, 1.82) is 0 Å². The van der Waals surface area contributed by atoms with E-state index < -0.39 is 23.5 Å². The van der Waals surface area contributed by atoms with Crippen molar-refractivity contribution in [3.63, 3.8) is 0 Å². The van der Waals surface area contributed by atoms with Crippen LogP contribution in [0, 0.1) is 0 Å². The van der Waals surface area contributed by atoms with Gasteiger partial charge in [-0.15, -0.1) is 0 Å². The third-order valence-corrected chi connectivity index (χ3v) is 6.42. The Bertz CT molecular complexity index is 1200. The van der Waals surface area contributed by atoms with Crippen LogP contribution in [-0.4, -0.2) is 33.8 Å². The zero-order chi connectivity index (χ0) is 23.1. The number of nitrogens with zero attached hydrogens (tertiary/aromatic N) is 1. The van der Waals surface area contributed by atoms with Crippen molar-refractivity contribution >= 4 is 22.7 Å². The molecular formula is C27H27NO5. The molecule has 0 bridgehead atoms. The van der Waals surface area contributed by atoms with Crippen LogP contribution in [0.5, 0.6) is 5.75 Å². The van der Waals surface area contributed by atoms with E-state index in [2.05, 4.69) is 0 Å². The van der Waals surface area contributed by atoms with E-state index in [-0.39, 0.29) is 23.5 Å². The van der Waals surface area contributed by atoms with Gasteiger partial charge in [-0.2, -0.15) is 0 Å². The number of hydrogen-bond acceptors (Lipinski definition) is 5. The third-order valence-electron chi connectivity index (χ3n) is 6.42. The number of furan rings is 1. The average molecular weight is 446 g/mol. The molecule has 0 spiro atoms. The van der Waals surface area contributed by atoms with Crippen LogP contribution in [0.15, 0.2) is 70.3 Å². The normalized spacial score (nSPS) is 19.3. The SMILES string of the molecule is CC(C)Oc1ccc(C2C(C(=O)c3cc4ccccc4o3)=C(O)C(=O)N2C2CCCC2)cc1. The van der Waals surface area contributed by atoms with Crippen molar-refractivity contribution in [3.8, 4) is 5.75 Å². The largest absolute Gasteiger partial charge is 0.503 e. The van der Waals surface area contributed by atoms with Gasteiger partial charge in [0.15, 0.2) is 11.5 Å². The van der Waals surface area contributed by atoms with Gasteiger partial charge in [0, 0.05) is 11.4 Å². The van der Waals surface area contributed by atoms with E-state index in [0.29, 0.717) is 11.3 Å². The molecule has 1 aliphatic carbocycles. The number of Topliss-reactive ketones (excluding diaryl/α,β-unsaturated/α-hetero) is 1. The third kappa shape index (κ3) is 3.80. The summed E-state index contributed by atoms with van der Waals surface area (Å²) in [6, 6.07) is 15.7. The van der Waals surface area contributed by atoms with Gasteiger partial charge < -0.3 is 19.2 Å². The highest BCUT2D eigenvalue weighted by atomic mass is 16.5. The fourth-order valence-electron chi connectivity index (χ4n) is 4.97. The fraction of sp³-hybridized carbons (Fsp3) is 0.333. The number of fused-ring (bicyclic) bond motifs is 1. The van der Waals surface area contributed by atoms with Crippen LogP contribution in [0.4, 0.5) is 0 Å². The molecule has 1 atom stereocenters. The smallest absolute Gasteiger partial charge is 0.290 e. The van der Waals surface area contributed by atoms with Crippen LogP contribution < -0.4 is 4.74 Å². The molecule has 1 fully saturated rings. The summed E-state index contributed by atoms with van der Waals surface area (Å²) in [7, 11) is 0. The summed E-state index contributed by atoms with van der Waals surface area (Å²) in [6.07, 6.45) is 3.80. The van der Waals surface area contributed by atoms with Crippen molar-refractivity contribution in [1.82, 2.24) is 4.90 Å². The molecule has 170 valence electrons. The molecule has 0 radical (unpaired) electrons. The van der Waals surface area contributed by atoms with Crippen LogP contribution in [0.1, 0.15) is 61.7 Å². The lowest BCUT2D eigenvalue weighted by molar-refractivity contribution is -0.131. The first-order valence-corrected chi connectivity index (χ1v) is 11.5. The van der Waals surface area contributed by atoms with Gasteiger partial charge in [0.2, 0.25) is 5.78 Å². The maximum absolute atomic E-state index is 13.6. The molecule has 2 heterocycles. The Kier molecular flexibility index (Phi) is 5.44. The minimum Gasteiger partial charge on any atom is -0.503 e. The first-order chi connectivity index (χ1) is 15.9. The van der Waals surface area contributed by atoms with E-state index in [9.17, 15) is 14.7 Å². The van der Waals surface area contributed by atoms with Crippen molar-refractivity contribution < 1.29 is 23.8 Å². The van der Waals surface area contributed by atoms with E-state index in [1.165, 1.54) is 0 Å². The van der Waals surface area contributed by atoms with Gasteiger partial charge in [0.05, 0.1) is 17.7 Å². The standard InChI is InChI=1S/C27H27NO5/c1-16(2)32-20-13-11-17(12-14-20)24-23(26(30)27(31)28(24)19-8-4-5-9-19)25(29)22-15-18-7-3-6-10-21(18)33-22/h3,6-7,10-16,19,24,30H,4-5,8-9H2,1-2H3. The maximum atomic E-state index is 13.6. The van der Waals surface area contributed by atoms with Gasteiger partial charge in [-0.1, -0.05) is 43.2 Å². The summed E-state index contributed by atoms with van der Waals surface area (Å²) in [5.41, 5.74) is 1.42. The van der Waals surface area contributed by atoms with E-state index in [0.717, 1.165) is 36.6 Å². The van der Waals surface area contributed by atoms with Crippen molar-refractivity contribution in [2.24, 2.45) is 0 Å². The number of aliphatic hydroxyl groups is 1. The lowest BCUT2D eigenvalue weighted by Gasteiger charge is -2.32. The molecule has 1 saturated carbocycles. The Labute approximate surface area is 192 Å². The minimum atomic E-state index is -0.672. The van der Waals surface area contributed by atoms with E-state index in [4.69, 9.17) is 9.15 Å². The van der Waals surface area contributed by atoms with Crippen LogP contribution in [0.25, 0.3) is 11.0 Å². The van der Waals surface area contributed by atoms with E-state index >= 15 is 0 Å². The Morgan fingerprint density at radius 3 is 2.45 bits per heavy atom. The molecule has 33 heavy (non-hydrogen) atoms. The molecule has 0 saturated heterocycles. The molecule has 2 aromatic carbocycles. The molecule has 1 aromatic heterocycles. The number of hydrogen-bond donors (Lipinski definition) is 1. The first-order valence-electron chi connectivity index (χ1n) is 11.5. The molecule has 1 N–H and O–H groups in total. The maximum Gasteiger partial charge on any atom is 0.290 e. The number of benzene rings is 2. The first kappa shape index (κ1) is 21.3.